The lowest BCUT2D eigenvalue weighted by Crippen LogP contribution is -2.33. The van der Waals surface area contributed by atoms with Gasteiger partial charge >= 0.3 is 0 Å². The van der Waals surface area contributed by atoms with E-state index in [-0.39, 0.29) is 0 Å². The fraction of sp³-hybridized carbons (Fsp3) is 0.571. The topological polar surface area (TPSA) is 12.0 Å². The third kappa shape index (κ3) is 3.89. The second kappa shape index (κ2) is 7.18. The molecule has 0 spiro atoms. The molecule has 1 aromatic carbocycles. The lowest BCUT2D eigenvalue weighted by Gasteiger charge is -2.20. The number of rotatable bonds is 5. The van der Waals surface area contributed by atoms with Crippen molar-refractivity contribution in [1.82, 2.24) is 5.32 Å². The van der Waals surface area contributed by atoms with Gasteiger partial charge in [0, 0.05) is 27.3 Å². The van der Waals surface area contributed by atoms with Crippen molar-refractivity contribution < 1.29 is 0 Å². The Kier molecular flexibility index (Phi) is 5.87. The van der Waals surface area contributed by atoms with Gasteiger partial charge in [-0.1, -0.05) is 40.9 Å². The zero-order valence-corrected chi connectivity index (χ0v) is 13.7. The molecule has 0 aliphatic heterocycles. The van der Waals surface area contributed by atoms with Gasteiger partial charge in [-0.3, -0.25) is 0 Å². The lowest BCUT2D eigenvalue weighted by atomic mass is 10.2. The van der Waals surface area contributed by atoms with Crippen LogP contribution in [-0.2, 0) is 6.54 Å². The van der Waals surface area contributed by atoms with Crippen LogP contribution in [0.2, 0.25) is 5.02 Å². The van der Waals surface area contributed by atoms with Crippen LogP contribution >= 0.6 is 39.3 Å². The minimum absolute atomic E-state index is 0.644. The highest BCUT2D eigenvalue weighted by atomic mass is 79.9. The summed E-state index contributed by atoms with van der Waals surface area (Å²) in [6.07, 6.45) is 3.99. The highest BCUT2D eigenvalue weighted by Gasteiger charge is 2.26. The Balaban J connectivity index is 1.92. The largest absolute Gasteiger partial charge is 0.309 e. The first-order valence-electron chi connectivity index (χ1n) is 6.49. The van der Waals surface area contributed by atoms with Gasteiger partial charge in [0.2, 0.25) is 0 Å². The maximum absolute atomic E-state index is 6.21. The molecule has 1 aliphatic rings. The van der Waals surface area contributed by atoms with E-state index >= 15 is 0 Å². The number of benzene rings is 1. The summed E-state index contributed by atoms with van der Waals surface area (Å²) in [6.45, 7) is 3.11. The molecule has 0 heterocycles. The molecular weight excluding hydrogens is 330 g/mol. The first-order valence-corrected chi connectivity index (χ1v) is 8.71. The second-order valence-corrected chi connectivity index (χ2v) is 7.49. The molecule has 1 aromatic rings. The minimum atomic E-state index is 0.644. The average Bonchev–Trinajstić information content (AvgIpc) is 2.78. The Morgan fingerprint density at radius 1 is 1.44 bits per heavy atom. The van der Waals surface area contributed by atoms with Crippen molar-refractivity contribution in [1.29, 1.82) is 0 Å². The van der Waals surface area contributed by atoms with Gasteiger partial charge in [-0.05, 0) is 42.4 Å². The van der Waals surface area contributed by atoms with Crippen LogP contribution in [0.4, 0.5) is 0 Å². The highest BCUT2D eigenvalue weighted by molar-refractivity contribution is 9.10. The van der Waals surface area contributed by atoms with Gasteiger partial charge in [0.25, 0.3) is 0 Å². The van der Waals surface area contributed by atoms with Crippen LogP contribution in [0.1, 0.15) is 31.7 Å². The first kappa shape index (κ1) is 14.7. The second-order valence-electron chi connectivity index (χ2n) is 4.65. The SMILES string of the molecule is CCSC1CCCC1NCc1cc(Br)ccc1Cl. The minimum Gasteiger partial charge on any atom is -0.309 e. The third-order valence-corrected chi connectivity index (χ3v) is 5.58. The zero-order valence-electron chi connectivity index (χ0n) is 10.6. The van der Waals surface area contributed by atoms with Crippen LogP contribution in [0, 0.1) is 0 Å². The maximum Gasteiger partial charge on any atom is 0.0451 e. The van der Waals surface area contributed by atoms with E-state index in [1.54, 1.807) is 0 Å². The van der Waals surface area contributed by atoms with Crippen molar-refractivity contribution in [3.63, 3.8) is 0 Å². The van der Waals surface area contributed by atoms with Crippen molar-refractivity contribution in [2.75, 3.05) is 5.75 Å². The van der Waals surface area contributed by atoms with E-state index in [0.29, 0.717) is 6.04 Å². The van der Waals surface area contributed by atoms with Gasteiger partial charge in [-0.25, -0.2) is 0 Å². The molecule has 0 radical (unpaired) electrons. The van der Waals surface area contributed by atoms with Gasteiger partial charge in [-0.2, -0.15) is 11.8 Å². The van der Waals surface area contributed by atoms with E-state index in [4.69, 9.17) is 11.6 Å². The molecule has 18 heavy (non-hydrogen) atoms. The molecule has 1 saturated carbocycles. The molecule has 1 fully saturated rings. The van der Waals surface area contributed by atoms with Crippen LogP contribution in [0.25, 0.3) is 0 Å². The summed E-state index contributed by atoms with van der Waals surface area (Å²) in [7, 11) is 0. The van der Waals surface area contributed by atoms with Crippen molar-refractivity contribution in [2.45, 2.75) is 44.0 Å². The molecular formula is C14H19BrClNS. The van der Waals surface area contributed by atoms with Crippen molar-refractivity contribution in [3.8, 4) is 0 Å². The lowest BCUT2D eigenvalue weighted by molar-refractivity contribution is 0.532. The summed E-state index contributed by atoms with van der Waals surface area (Å²) in [6, 6.07) is 6.68. The van der Waals surface area contributed by atoms with E-state index in [2.05, 4.69) is 46.0 Å². The Bertz CT molecular complexity index is 399. The van der Waals surface area contributed by atoms with Gasteiger partial charge in [0.1, 0.15) is 0 Å². The number of halogens is 2. The number of hydrogen-bond acceptors (Lipinski definition) is 2. The molecule has 4 heteroatoms. The molecule has 1 nitrogen and oxygen atoms in total. The molecule has 2 unspecified atom stereocenters. The Morgan fingerprint density at radius 3 is 3.06 bits per heavy atom. The van der Waals surface area contributed by atoms with Crippen LogP contribution in [0.5, 0.6) is 0 Å². The number of hydrogen-bond donors (Lipinski definition) is 1. The fourth-order valence-corrected chi connectivity index (χ4v) is 4.31. The fourth-order valence-electron chi connectivity index (χ4n) is 2.49. The molecule has 2 rings (SSSR count). The van der Waals surface area contributed by atoms with E-state index in [0.717, 1.165) is 21.3 Å². The highest BCUT2D eigenvalue weighted by Crippen LogP contribution is 2.30. The Morgan fingerprint density at radius 2 is 2.28 bits per heavy atom. The van der Waals surface area contributed by atoms with Crippen LogP contribution in [0.3, 0.4) is 0 Å². The van der Waals surface area contributed by atoms with E-state index in [9.17, 15) is 0 Å². The Hall–Kier alpha value is 0.300. The van der Waals surface area contributed by atoms with Gasteiger partial charge in [0.15, 0.2) is 0 Å². The zero-order chi connectivity index (χ0) is 13.0. The quantitative estimate of drug-likeness (QED) is 0.815. The van der Waals surface area contributed by atoms with Crippen molar-refractivity contribution in [2.24, 2.45) is 0 Å². The molecule has 100 valence electrons. The summed E-state index contributed by atoms with van der Waals surface area (Å²) in [5, 5.41) is 5.30. The van der Waals surface area contributed by atoms with Crippen LogP contribution < -0.4 is 5.32 Å². The van der Waals surface area contributed by atoms with Crippen molar-refractivity contribution >= 4 is 39.3 Å². The molecule has 2 atom stereocenters. The van der Waals surface area contributed by atoms with Crippen LogP contribution in [0.15, 0.2) is 22.7 Å². The number of thioether (sulfide) groups is 1. The molecule has 0 bridgehead atoms. The van der Waals surface area contributed by atoms with E-state index in [1.165, 1.54) is 30.6 Å². The van der Waals surface area contributed by atoms with Gasteiger partial charge in [0.05, 0.1) is 0 Å². The molecule has 0 amide bonds. The van der Waals surface area contributed by atoms with E-state index in [1.807, 2.05) is 12.1 Å². The maximum atomic E-state index is 6.21. The molecule has 1 aliphatic carbocycles. The predicted molar refractivity (Wildman–Crippen MR) is 85.6 cm³/mol. The average molecular weight is 349 g/mol. The monoisotopic (exact) mass is 347 g/mol. The first-order chi connectivity index (χ1) is 8.70. The molecule has 0 aromatic heterocycles. The third-order valence-electron chi connectivity index (χ3n) is 3.40. The summed E-state index contributed by atoms with van der Waals surface area (Å²) >= 11 is 11.8. The van der Waals surface area contributed by atoms with Gasteiger partial charge in [-0.15, -0.1) is 0 Å². The summed E-state index contributed by atoms with van der Waals surface area (Å²) in [5.41, 5.74) is 1.18. The summed E-state index contributed by atoms with van der Waals surface area (Å²) in [5.74, 6) is 1.21. The summed E-state index contributed by atoms with van der Waals surface area (Å²) in [4.78, 5) is 0. The van der Waals surface area contributed by atoms with Crippen LogP contribution in [-0.4, -0.2) is 17.0 Å². The molecule has 1 N–H and O–H groups in total. The normalized spacial score (nSPS) is 23.5. The van der Waals surface area contributed by atoms with E-state index < -0.39 is 0 Å². The number of nitrogens with one attached hydrogen (secondary N) is 1. The smallest absolute Gasteiger partial charge is 0.0451 e. The van der Waals surface area contributed by atoms with Gasteiger partial charge < -0.3 is 5.32 Å². The van der Waals surface area contributed by atoms with Crippen molar-refractivity contribution in [3.05, 3.63) is 33.3 Å². The predicted octanol–water partition coefficient (Wildman–Crippen LogP) is 4.87. The summed E-state index contributed by atoms with van der Waals surface area (Å²) < 4.78 is 1.09. The molecule has 0 saturated heterocycles. The standard InChI is InChI=1S/C14H19BrClNS/c1-2-18-14-5-3-4-13(14)17-9-10-8-11(15)6-7-12(10)16/h6-8,13-14,17H,2-5,9H2,1H3. The Labute approximate surface area is 127 Å².